The predicted octanol–water partition coefficient (Wildman–Crippen LogP) is 4.50. The Morgan fingerprint density at radius 1 is 1.29 bits per heavy atom. The quantitative estimate of drug-likeness (QED) is 0.532. The van der Waals surface area contributed by atoms with Crippen molar-refractivity contribution in [3.05, 3.63) is 64.1 Å². The third-order valence-corrected chi connectivity index (χ3v) is 7.01. The van der Waals surface area contributed by atoms with Crippen LogP contribution in [0.5, 0.6) is 5.75 Å². The number of hydrogen-bond acceptors (Lipinski definition) is 7. The van der Waals surface area contributed by atoms with E-state index in [1.54, 1.807) is 25.0 Å². The summed E-state index contributed by atoms with van der Waals surface area (Å²) in [6.07, 6.45) is 2.41. The minimum absolute atomic E-state index is 0.0474. The minimum Gasteiger partial charge on any atom is -0.495 e. The summed E-state index contributed by atoms with van der Waals surface area (Å²) in [6, 6.07) is 8.17. The number of ether oxygens (including phenoxy) is 1. The molecule has 3 aromatic rings. The molecule has 0 fully saturated rings. The lowest BCUT2D eigenvalue weighted by Crippen LogP contribution is -2.36. The molecule has 1 aromatic heterocycles. The predicted molar refractivity (Wildman–Crippen MR) is 132 cm³/mol. The van der Waals surface area contributed by atoms with Gasteiger partial charge in [0, 0.05) is 25.3 Å². The number of halogens is 2. The molecule has 2 aromatic carbocycles. The lowest BCUT2D eigenvalue weighted by molar-refractivity contribution is -0.142. The number of carboxylic acid groups (broad SMARTS) is 1. The maximum atomic E-state index is 14.0. The molecule has 2 N–H and O–H groups in total. The number of benzene rings is 2. The summed E-state index contributed by atoms with van der Waals surface area (Å²) in [7, 11) is 3.70. The molecule has 0 aliphatic carbocycles. The Morgan fingerprint density at radius 2 is 2.09 bits per heavy atom. The number of carboxylic acids is 1. The number of nitrogens with one attached hydrogen (secondary N) is 1. The van der Waals surface area contributed by atoms with Crippen LogP contribution in [-0.2, 0) is 23.2 Å². The number of methoxy groups -OCH3 is 1. The molecular formula is C25H25ClFN5O3. The van der Waals surface area contributed by atoms with Gasteiger partial charge in [0.25, 0.3) is 0 Å². The van der Waals surface area contributed by atoms with E-state index in [-0.39, 0.29) is 17.5 Å². The number of hydrogen-bond donors (Lipinski definition) is 2. The summed E-state index contributed by atoms with van der Waals surface area (Å²) in [5.41, 5.74) is 2.74. The Morgan fingerprint density at radius 3 is 2.83 bits per heavy atom. The van der Waals surface area contributed by atoms with Gasteiger partial charge < -0.3 is 25.0 Å². The van der Waals surface area contributed by atoms with E-state index in [1.165, 1.54) is 29.5 Å². The van der Waals surface area contributed by atoms with Crippen molar-refractivity contribution in [2.75, 3.05) is 37.5 Å². The molecular weight excluding hydrogens is 473 g/mol. The van der Waals surface area contributed by atoms with Crippen LogP contribution in [0.25, 0.3) is 0 Å². The molecule has 0 saturated carbocycles. The van der Waals surface area contributed by atoms with Crippen molar-refractivity contribution in [1.29, 1.82) is 0 Å². The van der Waals surface area contributed by atoms with Gasteiger partial charge in [0.1, 0.15) is 22.0 Å². The number of aliphatic carboxylic acids is 1. The van der Waals surface area contributed by atoms with Crippen molar-refractivity contribution >= 4 is 40.7 Å². The highest BCUT2D eigenvalue weighted by Gasteiger charge is 2.46. The van der Waals surface area contributed by atoms with E-state index in [2.05, 4.69) is 27.2 Å². The second-order valence-electron chi connectivity index (χ2n) is 9.18. The minimum atomic E-state index is -1.33. The van der Waals surface area contributed by atoms with Crippen molar-refractivity contribution in [2.24, 2.45) is 0 Å². The average Bonchev–Trinajstić information content (AvgIpc) is 3.13. The van der Waals surface area contributed by atoms with E-state index < -0.39 is 17.2 Å². The molecule has 8 nitrogen and oxygen atoms in total. The molecule has 1 unspecified atom stereocenters. The molecule has 0 bridgehead atoms. The van der Waals surface area contributed by atoms with Gasteiger partial charge in [-0.25, -0.2) is 9.37 Å². The van der Waals surface area contributed by atoms with E-state index in [9.17, 15) is 14.3 Å². The second-order valence-corrected chi connectivity index (χ2v) is 9.59. The number of rotatable bonds is 5. The normalized spacial score (nSPS) is 19.3. The zero-order valence-electron chi connectivity index (χ0n) is 19.6. The number of aromatic nitrogens is 2. The van der Waals surface area contributed by atoms with Gasteiger partial charge in [-0.2, -0.15) is 4.98 Å². The van der Waals surface area contributed by atoms with Gasteiger partial charge in [0.15, 0.2) is 5.82 Å². The van der Waals surface area contributed by atoms with Crippen molar-refractivity contribution in [3.63, 3.8) is 0 Å². The van der Waals surface area contributed by atoms with E-state index >= 15 is 0 Å². The fourth-order valence-corrected chi connectivity index (χ4v) is 4.96. The second kappa shape index (κ2) is 8.66. The molecule has 35 heavy (non-hydrogen) atoms. The monoisotopic (exact) mass is 497 g/mol. The Kier molecular flexibility index (Phi) is 5.77. The number of likely N-dealkylation sites (N-methyl/N-ethyl adjacent to an activating group) is 1. The number of nitrogens with zero attached hydrogens (tertiary/aromatic N) is 4. The van der Waals surface area contributed by atoms with Crippen molar-refractivity contribution in [2.45, 2.75) is 25.3 Å². The lowest BCUT2D eigenvalue weighted by Gasteiger charge is -2.26. The Balaban J connectivity index is 1.53. The first-order chi connectivity index (χ1) is 16.7. The van der Waals surface area contributed by atoms with Gasteiger partial charge in [-0.1, -0.05) is 11.6 Å². The topological polar surface area (TPSA) is 90.8 Å². The summed E-state index contributed by atoms with van der Waals surface area (Å²) in [6.45, 7) is 3.43. The summed E-state index contributed by atoms with van der Waals surface area (Å²) < 4.78 is 19.6. The largest absolute Gasteiger partial charge is 0.495 e. The van der Waals surface area contributed by atoms with Gasteiger partial charge >= 0.3 is 5.97 Å². The van der Waals surface area contributed by atoms with Crippen molar-refractivity contribution in [1.82, 2.24) is 14.9 Å². The van der Waals surface area contributed by atoms with Crippen LogP contribution in [0.3, 0.4) is 0 Å². The summed E-state index contributed by atoms with van der Waals surface area (Å²) >= 11 is 6.47. The SMILES string of the molecule is COc1cc2c(cc1Nc1ncc(Cl)c(N3CC(C)(C(=O)O)c4cc(F)ccc43)n1)CN(C)CC2. The third kappa shape index (κ3) is 4.04. The van der Waals surface area contributed by atoms with Crippen LogP contribution in [0.15, 0.2) is 36.5 Å². The van der Waals surface area contributed by atoms with Crippen LogP contribution in [0.4, 0.5) is 27.5 Å². The maximum absolute atomic E-state index is 14.0. The van der Waals surface area contributed by atoms with Crippen LogP contribution in [0, 0.1) is 5.82 Å². The molecule has 0 radical (unpaired) electrons. The van der Waals surface area contributed by atoms with Gasteiger partial charge in [0.05, 0.1) is 19.0 Å². The number of fused-ring (bicyclic) bond motifs is 2. The van der Waals surface area contributed by atoms with Crippen LogP contribution < -0.4 is 15.0 Å². The van der Waals surface area contributed by atoms with E-state index in [0.717, 1.165) is 19.5 Å². The third-order valence-electron chi connectivity index (χ3n) is 6.74. The Hall–Kier alpha value is -3.43. The Bertz CT molecular complexity index is 1340. The van der Waals surface area contributed by atoms with Crippen LogP contribution in [0.2, 0.25) is 5.02 Å². The maximum Gasteiger partial charge on any atom is 0.315 e. The van der Waals surface area contributed by atoms with E-state index in [0.29, 0.717) is 28.5 Å². The molecule has 1 atom stereocenters. The van der Waals surface area contributed by atoms with Gasteiger partial charge in [-0.05, 0) is 67.4 Å². The zero-order chi connectivity index (χ0) is 24.9. The van der Waals surface area contributed by atoms with Crippen LogP contribution >= 0.6 is 11.6 Å². The zero-order valence-corrected chi connectivity index (χ0v) is 20.4. The molecule has 10 heteroatoms. The highest BCUT2D eigenvalue weighted by molar-refractivity contribution is 6.33. The van der Waals surface area contributed by atoms with Gasteiger partial charge in [-0.3, -0.25) is 4.79 Å². The first-order valence-electron chi connectivity index (χ1n) is 11.2. The molecule has 182 valence electrons. The summed E-state index contributed by atoms with van der Waals surface area (Å²) in [4.78, 5) is 25.0. The van der Waals surface area contributed by atoms with Crippen molar-refractivity contribution < 1.29 is 19.0 Å². The van der Waals surface area contributed by atoms with E-state index in [1.807, 2.05) is 12.1 Å². The molecule has 5 rings (SSSR count). The molecule has 0 saturated heterocycles. The molecule has 0 spiro atoms. The number of anilines is 4. The summed E-state index contributed by atoms with van der Waals surface area (Å²) in [5.74, 6) is -0.273. The fourth-order valence-electron chi connectivity index (χ4n) is 4.77. The molecule has 2 aliphatic rings. The van der Waals surface area contributed by atoms with Gasteiger partial charge in [0.2, 0.25) is 5.95 Å². The highest BCUT2D eigenvalue weighted by atomic mass is 35.5. The molecule has 2 aliphatic heterocycles. The average molecular weight is 498 g/mol. The number of carbonyl (C=O) groups is 1. The van der Waals surface area contributed by atoms with Gasteiger partial charge in [-0.15, -0.1) is 0 Å². The molecule has 0 amide bonds. The fraction of sp³-hybridized carbons (Fsp3) is 0.320. The van der Waals surface area contributed by atoms with Crippen LogP contribution in [-0.4, -0.2) is 53.2 Å². The summed E-state index contributed by atoms with van der Waals surface area (Å²) in [5, 5.41) is 13.4. The highest BCUT2D eigenvalue weighted by Crippen LogP contribution is 2.46. The first kappa shape index (κ1) is 23.3. The first-order valence-corrected chi connectivity index (χ1v) is 11.6. The Labute approximate surface area is 207 Å². The lowest BCUT2D eigenvalue weighted by atomic mass is 9.85. The van der Waals surface area contributed by atoms with Crippen molar-refractivity contribution in [3.8, 4) is 5.75 Å². The van der Waals surface area contributed by atoms with Crippen LogP contribution in [0.1, 0.15) is 23.6 Å². The smallest absolute Gasteiger partial charge is 0.315 e. The standard InChI is InChI=1S/C25H25ClFN5O3/c1-25(23(33)34)13-32(20-5-4-16(27)10-17(20)25)22-18(26)11-28-24(30-22)29-19-8-15-12-31(2)7-6-14(15)9-21(19)35-3/h4-5,8-11H,6-7,12-13H2,1-3H3,(H,33,34)(H,28,29,30). The molecule has 3 heterocycles. The van der Waals surface area contributed by atoms with E-state index in [4.69, 9.17) is 16.3 Å².